The fourth-order valence-corrected chi connectivity index (χ4v) is 6.67. The lowest BCUT2D eigenvalue weighted by atomic mass is 9.58. The Balaban J connectivity index is 1.78. The number of halogens is 3. The third-order valence-corrected chi connectivity index (χ3v) is 8.48. The van der Waals surface area contributed by atoms with Gasteiger partial charge in [-0.2, -0.15) is 0 Å². The van der Waals surface area contributed by atoms with E-state index in [-0.39, 0.29) is 22.7 Å². The summed E-state index contributed by atoms with van der Waals surface area (Å²) in [4.78, 5) is 12.9. The average molecular weight is 433 g/mol. The molecule has 1 heterocycles. The zero-order chi connectivity index (χ0) is 19.9. The first kappa shape index (κ1) is 18.5. The van der Waals surface area contributed by atoms with Gasteiger partial charge in [-0.15, -0.1) is 0 Å². The van der Waals surface area contributed by atoms with E-state index in [0.29, 0.717) is 21.6 Å². The van der Waals surface area contributed by atoms with Crippen LogP contribution in [-0.2, 0) is 10.2 Å². The van der Waals surface area contributed by atoms with Gasteiger partial charge < -0.3 is 5.32 Å². The molecule has 28 heavy (non-hydrogen) atoms. The van der Waals surface area contributed by atoms with Gasteiger partial charge in [-0.25, -0.2) is 0 Å². The van der Waals surface area contributed by atoms with E-state index in [0.717, 1.165) is 17.6 Å². The monoisotopic (exact) mass is 431 g/mol. The van der Waals surface area contributed by atoms with Gasteiger partial charge in [0.25, 0.3) is 0 Å². The minimum atomic E-state index is -0.512. The fourth-order valence-electron chi connectivity index (χ4n) is 6.01. The molecule has 0 bridgehead atoms. The van der Waals surface area contributed by atoms with Crippen molar-refractivity contribution in [1.82, 2.24) is 5.32 Å². The average Bonchev–Trinajstić information content (AvgIpc) is 3.28. The molecule has 2 aliphatic carbocycles. The van der Waals surface area contributed by atoms with Crippen LogP contribution in [-0.4, -0.2) is 12.5 Å². The first-order chi connectivity index (χ1) is 13.3. The Morgan fingerprint density at radius 1 is 1.04 bits per heavy atom. The first-order valence-electron chi connectivity index (χ1n) is 9.44. The standard InChI is InChI=1S/C23H20Cl3NO/c1-13-9-18(17-8-7-16(25)10-19(17)26)23(14-3-5-15(24)6-4-14)11-22(23)12-27-20(28)21(13,22)2/h3-10,18H,11-12H2,1-2H3,(H,27,28)/t18-,21-,22+,23?/m0/s1. The molecule has 2 fully saturated rings. The van der Waals surface area contributed by atoms with E-state index >= 15 is 0 Å². The maximum absolute atomic E-state index is 12.9. The minimum Gasteiger partial charge on any atom is -0.355 e. The van der Waals surface area contributed by atoms with Crippen molar-refractivity contribution in [3.05, 3.63) is 80.3 Å². The molecule has 1 aliphatic heterocycles. The number of hydrogen-bond donors (Lipinski definition) is 1. The Morgan fingerprint density at radius 3 is 2.39 bits per heavy atom. The van der Waals surface area contributed by atoms with Crippen LogP contribution >= 0.6 is 34.8 Å². The second kappa shape index (κ2) is 5.78. The number of carbonyl (C=O) groups is 1. The molecule has 2 nitrogen and oxygen atoms in total. The van der Waals surface area contributed by atoms with Gasteiger partial charge in [0.1, 0.15) is 0 Å². The van der Waals surface area contributed by atoms with Gasteiger partial charge in [0.2, 0.25) is 5.91 Å². The van der Waals surface area contributed by atoms with Crippen molar-refractivity contribution in [2.45, 2.75) is 31.6 Å². The Labute approximate surface area is 179 Å². The largest absolute Gasteiger partial charge is 0.355 e. The molecule has 4 atom stereocenters. The lowest BCUT2D eigenvalue weighted by molar-refractivity contribution is -0.127. The van der Waals surface area contributed by atoms with Crippen LogP contribution < -0.4 is 5.32 Å². The lowest BCUT2D eigenvalue weighted by Crippen LogP contribution is -2.43. The normalized spacial score (nSPS) is 35.7. The van der Waals surface area contributed by atoms with E-state index in [4.69, 9.17) is 34.8 Å². The maximum atomic E-state index is 12.9. The number of benzene rings is 2. The summed E-state index contributed by atoms with van der Waals surface area (Å²) in [6.07, 6.45) is 3.17. The van der Waals surface area contributed by atoms with Gasteiger partial charge in [0.05, 0.1) is 5.41 Å². The van der Waals surface area contributed by atoms with E-state index in [1.54, 1.807) is 6.07 Å². The number of hydrogen-bond acceptors (Lipinski definition) is 1. The second-order valence-corrected chi connectivity index (χ2v) is 9.82. The highest BCUT2D eigenvalue weighted by molar-refractivity contribution is 6.35. The second-order valence-electron chi connectivity index (χ2n) is 8.54. The van der Waals surface area contributed by atoms with Crippen molar-refractivity contribution in [3.63, 3.8) is 0 Å². The van der Waals surface area contributed by atoms with Gasteiger partial charge >= 0.3 is 0 Å². The molecule has 1 spiro atoms. The Kier molecular flexibility index (Phi) is 3.83. The molecule has 1 N–H and O–H groups in total. The van der Waals surface area contributed by atoms with Gasteiger partial charge in [-0.05, 0) is 55.7 Å². The van der Waals surface area contributed by atoms with Crippen molar-refractivity contribution >= 4 is 40.7 Å². The van der Waals surface area contributed by atoms with Crippen LogP contribution in [0.1, 0.15) is 37.3 Å². The smallest absolute Gasteiger partial charge is 0.230 e. The van der Waals surface area contributed by atoms with Crippen LogP contribution in [0.25, 0.3) is 0 Å². The van der Waals surface area contributed by atoms with E-state index in [1.165, 1.54) is 5.56 Å². The number of rotatable bonds is 2. The summed E-state index contributed by atoms with van der Waals surface area (Å²) in [5, 5.41) is 5.16. The van der Waals surface area contributed by atoms with Crippen molar-refractivity contribution in [2.75, 3.05) is 6.54 Å². The summed E-state index contributed by atoms with van der Waals surface area (Å²) in [5.41, 5.74) is 2.49. The van der Waals surface area contributed by atoms with Crippen molar-refractivity contribution < 1.29 is 4.79 Å². The lowest BCUT2D eigenvalue weighted by Gasteiger charge is -2.43. The molecule has 1 amide bonds. The van der Waals surface area contributed by atoms with E-state index < -0.39 is 5.41 Å². The predicted molar refractivity (Wildman–Crippen MR) is 114 cm³/mol. The van der Waals surface area contributed by atoms with Crippen LogP contribution in [0.5, 0.6) is 0 Å². The highest BCUT2D eigenvalue weighted by atomic mass is 35.5. The van der Waals surface area contributed by atoms with Crippen molar-refractivity contribution in [1.29, 1.82) is 0 Å². The summed E-state index contributed by atoms with van der Waals surface area (Å²) in [6.45, 7) is 4.85. The zero-order valence-corrected chi connectivity index (χ0v) is 17.9. The summed E-state index contributed by atoms with van der Waals surface area (Å²) in [6, 6.07) is 13.8. The van der Waals surface area contributed by atoms with Crippen LogP contribution in [0.3, 0.4) is 0 Å². The molecule has 2 aromatic rings. The summed E-state index contributed by atoms with van der Waals surface area (Å²) in [5.74, 6) is 0.192. The fraction of sp³-hybridized carbons (Fsp3) is 0.348. The molecular formula is C23H20Cl3NO. The van der Waals surface area contributed by atoms with Crippen LogP contribution in [0.15, 0.2) is 54.1 Å². The van der Waals surface area contributed by atoms with E-state index in [2.05, 4.69) is 37.4 Å². The molecule has 3 aliphatic rings. The highest BCUT2D eigenvalue weighted by Crippen LogP contribution is 2.82. The van der Waals surface area contributed by atoms with Crippen LogP contribution in [0, 0.1) is 10.8 Å². The predicted octanol–water partition coefficient (Wildman–Crippen LogP) is 6.15. The topological polar surface area (TPSA) is 29.1 Å². The SMILES string of the molecule is CC1=C[C@@H](c2ccc(Cl)cc2Cl)C2(c3ccc(Cl)cc3)C[C@]23CNC(=O)[C@]13C. The maximum Gasteiger partial charge on any atom is 0.230 e. The molecule has 0 radical (unpaired) electrons. The third-order valence-electron chi connectivity index (χ3n) is 7.66. The number of allylic oxidation sites excluding steroid dienone is 1. The van der Waals surface area contributed by atoms with Crippen LogP contribution in [0.4, 0.5) is 0 Å². The molecule has 1 saturated heterocycles. The van der Waals surface area contributed by atoms with Crippen molar-refractivity contribution in [2.24, 2.45) is 10.8 Å². The number of nitrogens with one attached hydrogen (secondary N) is 1. The van der Waals surface area contributed by atoms with Crippen molar-refractivity contribution in [3.8, 4) is 0 Å². The zero-order valence-electron chi connectivity index (χ0n) is 15.7. The minimum absolute atomic E-state index is 0.0687. The summed E-state index contributed by atoms with van der Waals surface area (Å²) < 4.78 is 0. The van der Waals surface area contributed by atoms with Gasteiger partial charge in [0, 0.05) is 38.4 Å². The molecule has 5 rings (SSSR count). The highest BCUT2D eigenvalue weighted by Gasteiger charge is 2.82. The Hall–Kier alpha value is -1.48. The summed E-state index contributed by atoms with van der Waals surface area (Å²) >= 11 is 19.0. The van der Waals surface area contributed by atoms with Gasteiger partial charge in [-0.1, -0.05) is 64.7 Å². The molecule has 0 aromatic heterocycles. The molecule has 144 valence electrons. The Bertz CT molecular complexity index is 1050. The Morgan fingerprint density at radius 2 is 1.71 bits per heavy atom. The van der Waals surface area contributed by atoms with E-state index in [9.17, 15) is 4.79 Å². The summed E-state index contributed by atoms with van der Waals surface area (Å²) in [7, 11) is 0. The van der Waals surface area contributed by atoms with E-state index in [1.807, 2.05) is 24.3 Å². The molecule has 1 unspecified atom stereocenters. The molecule has 2 aromatic carbocycles. The molecule has 5 heteroatoms. The van der Waals surface area contributed by atoms with Crippen LogP contribution in [0.2, 0.25) is 15.1 Å². The molecular weight excluding hydrogens is 413 g/mol. The molecule has 1 saturated carbocycles. The quantitative estimate of drug-likeness (QED) is 0.566. The first-order valence-corrected chi connectivity index (χ1v) is 10.6. The number of amides is 1. The van der Waals surface area contributed by atoms with Gasteiger partial charge in [0.15, 0.2) is 0 Å². The third kappa shape index (κ3) is 2.04. The number of carbonyl (C=O) groups excluding carboxylic acids is 1. The van der Waals surface area contributed by atoms with Gasteiger partial charge in [-0.3, -0.25) is 4.79 Å².